The summed E-state index contributed by atoms with van der Waals surface area (Å²) in [5, 5.41) is 3.12. The van der Waals surface area contributed by atoms with E-state index in [-0.39, 0.29) is 11.4 Å². The maximum Gasteiger partial charge on any atom is 0.317 e. The van der Waals surface area contributed by atoms with Crippen molar-refractivity contribution >= 4 is 6.03 Å². The maximum absolute atomic E-state index is 12.8. The Labute approximate surface area is 163 Å². The predicted octanol–water partition coefficient (Wildman–Crippen LogP) is 4.25. The lowest BCUT2D eigenvalue weighted by Gasteiger charge is -2.39. The van der Waals surface area contributed by atoms with Crippen LogP contribution in [-0.4, -0.2) is 43.8 Å². The third-order valence-corrected chi connectivity index (χ3v) is 5.89. The molecule has 2 fully saturated rings. The molecule has 1 aliphatic carbocycles. The van der Waals surface area contributed by atoms with E-state index < -0.39 is 0 Å². The highest BCUT2D eigenvalue weighted by molar-refractivity contribution is 5.75. The molecule has 3 rings (SSSR count). The molecule has 5 heteroatoms. The van der Waals surface area contributed by atoms with Gasteiger partial charge in [0.15, 0.2) is 11.5 Å². The molecule has 27 heavy (non-hydrogen) atoms. The molecule has 0 aromatic heterocycles. The molecule has 1 aromatic rings. The Balaban J connectivity index is 1.54. The quantitative estimate of drug-likeness (QED) is 0.810. The van der Waals surface area contributed by atoms with E-state index in [1.165, 1.54) is 6.42 Å². The van der Waals surface area contributed by atoms with Crippen molar-refractivity contribution in [3.63, 3.8) is 0 Å². The number of fused-ring (bicyclic) bond motifs is 2. The second-order valence-electron chi connectivity index (χ2n) is 9.24. The molecule has 2 atom stereocenters. The fourth-order valence-corrected chi connectivity index (χ4v) is 5.25. The van der Waals surface area contributed by atoms with Crippen molar-refractivity contribution in [3.8, 4) is 11.5 Å². The second kappa shape index (κ2) is 7.61. The zero-order valence-electron chi connectivity index (χ0n) is 17.4. The molecule has 1 saturated heterocycles. The number of hydrogen-bond acceptors (Lipinski definition) is 3. The van der Waals surface area contributed by atoms with E-state index in [1.54, 1.807) is 7.11 Å². The van der Waals surface area contributed by atoms with Crippen molar-refractivity contribution in [1.29, 1.82) is 0 Å². The number of nitrogens with zero attached hydrogens (tertiary/aromatic N) is 1. The van der Waals surface area contributed by atoms with Crippen LogP contribution in [0.25, 0.3) is 0 Å². The number of likely N-dealkylation sites (tertiary alicyclic amines) is 1. The summed E-state index contributed by atoms with van der Waals surface area (Å²) in [6.45, 7) is 11.1. The summed E-state index contributed by atoms with van der Waals surface area (Å²) < 4.78 is 11.0. The number of hydrogen-bond donors (Lipinski definition) is 1. The van der Waals surface area contributed by atoms with Crippen molar-refractivity contribution in [3.05, 3.63) is 23.8 Å². The highest BCUT2D eigenvalue weighted by Crippen LogP contribution is 2.52. The molecule has 1 aromatic carbocycles. The van der Waals surface area contributed by atoms with E-state index >= 15 is 0 Å². The second-order valence-corrected chi connectivity index (χ2v) is 9.24. The molecule has 2 aliphatic rings. The summed E-state index contributed by atoms with van der Waals surface area (Å²) in [4.78, 5) is 14.8. The number of urea groups is 1. The molecule has 2 unspecified atom stereocenters. The smallest absolute Gasteiger partial charge is 0.317 e. The minimum Gasteiger partial charge on any atom is -0.493 e. The van der Waals surface area contributed by atoms with Gasteiger partial charge in [-0.05, 0) is 61.1 Å². The number of ether oxygens (including phenoxy) is 2. The Kier molecular flexibility index (Phi) is 5.59. The molecule has 0 radical (unpaired) electrons. The highest BCUT2D eigenvalue weighted by atomic mass is 16.5. The SMILES string of the molecule is CCOc1ccc(CCNC(=O)N2CC3(C)CC2CC(C)(C)C3)cc1OC. The van der Waals surface area contributed by atoms with Gasteiger partial charge in [0.2, 0.25) is 0 Å². The van der Waals surface area contributed by atoms with Gasteiger partial charge in [0.25, 0.3) is 0 Å². The van der Waals surface area contributed by atoms with Gasteiger partial charge in [-0.1, -0.05) is 26.8 Å². The number of carbonyl (C=O) groups is 1. The summed E-state index contributed by atoms with van der Waals surface area (Å²) in [6, 6.07) is 6.42. The lowest BCUT2D eigenvalue weighted by Crippen LogP contribution is -2.44. The number of benzene rings is 1. The summed E-state index contributed by atoms with van der Waals surface area (Å²) in [5.74, 6) is 1.50. The Morgan fingerprint density at radius 2 is 2.04 bits per heavy atom. The summed E-state index contributed by atoms with van der Waals surface area (Å²) in [5.41, 5.74) is 1.72. The molecule has 2 bridgehead atoms. The van der Waals surface area contributed by atoms with Crippen LogP contribution in [-0.2, 0) is 6.42 Å². The van der Waals surface area contributed by atoms with E-state index in [1.807, 2.05) is 25.1 Å². The van der Waals surface area contributed by atoms with Gasteiger partial charge in [-0.2, -0.15) is 0 Å². The van der Waals surface area contributed by atoms with Crippen LogP contribution in [0.5, 0.6) is 11.5 Å². The molecule has 1 heterocycles. The van der Waals surface area contributed by atoms with Crippen molar-refractivity contribution in [2.45, 2.75) is 59.4 Å². The summed E-state index contributed by atoms with van der Waals surface area (Å²) >= 11 is 0. The van der Waals surface area contributed by atoms with Gasteiger partial charge >= 0.3 is 6.03 Å². The Hall–Kier alpha value is -1.91. The lowest BCUT2D eigenvalue weighted by molar-refractivity contribution is 0.129. The minimum absolute atomic E-state index is 0.0827. The van der Waals surface area contributed by atoms with Gasteiger partial charge in [-0.15, -0.1) is 0 Å². The standard InChI is InChI=1S/C22H34N2O3/c1-6-27-18-8-7-16(11-19(18)26-5)9-10-23-20(25)24-15-22(4)13-17(24)12-21(2,3)14-22/h7-8,11,17H,6,9-10,12-15H2,1-5H3,(H,23,25). The first kappa shape index (κ1) is 19.8. The highest BCUT2D eigenvalue weighted by Gasteiger charge is 2.50. The average Bonchev–Trinajstić information content (AvgIpc) is 2.85. The van der Waals surface area contributed by atoms with Crippen LogP contribution in [0.1, 0.15) is 52.5 Å². The van der Waals surface area contributed by atoms with Gasteiger partial charge in [-0.3, -0.25) is 0 Å². The average molecular weight is 375 g/mol. The van der Waals surface area contributed by atoms with E-state index in [0.717, 1.165) is 42.9 Å². The van der Waals surface area contributed by atoms with Crippen LogP contribution in [0.2, 0.25) is 0 Å². The molecule has 2 amide bonds. The van der Waals surface area contributed by atoms with Gasteiger partial charge < -0.3 is 19.7 Å². The van der Waals surface area contributed by atoms with Gasteiger partial charge in [0.05, 0.1) is 13.7 Å². The summed E-state index contributed by atoms with van der Waals surface area (Å²) in [7, 11) is 1.65. The van der Waals surface area contributed by atoms with Crippen LogP contribution in [0.3, 0.4) is 0 Å². The van der Waals surface area contributed by atoms with Crippen LogP contribution in [0.4, 0.5) is 4.79 Å². The maximum atomic E-state index is 12.8. The monoisotopic (exact) mass is 374 g/mol. The Morgan fingerprint density at radius 3 is 2.74 bits per heavy atom. The largest absolute Gasteiger partial charge is 0.493 e. The first-order valence-corrected chi connectivity index (χ1v) is 10.1. The molecule has 5 nitrogen and oxygen atoms in total. The molecule has 150 valence electrons. The van der Waals surface area contributed by atoms with E-state index in [9.17, 15) is 4.79 Å². The van der Waals surface area contributed by atoms with Crippen molar-refractivity contribution < 1.29 is 14.3 Å². The van der Waals surface area contributed by atoms with E-state index in [0.29, 0.717) is 24.6 Å². The molecular formula is C22H34N2O3. The third-order valence-electron chi connectivity index (χ3n) is 5.89. The van der Waals surface area contributed by atoms with Crippen LogP contribution in [0.15, 0.2) is 18.2 Å². The van der Waals surface area contributed by atoms with Crippen LogP contribution >= 0.6 is 0 Å². The lowest BCUT2D eigenvalue weighted by atomic mass is 9.65. The van der Waals surface area contributed by atoms with Crippen molar-refractivity contribution in [2.24, 2.45) is 10.8 Å². The normalized spacial score (nSPS) is 26.0. The van der Waals surface area contributed by atoms with Crippen molar-refractivity contribution in [2.75, 3.05) is 26.8 Å². The Bertz CT molecular complexity index is 688. The molecule has 0 spiro atoms. The summed E-state index contributed by atoms with van der Waals surface area (Å²) in [6.07, 6.45) is 4.22. The topological polar surface area (TPSA) is 50.8 Å². The predicted molar refractivity (Wildman–Crippen MR) is 107 cm³/mol. The van der Waals surface area contributed by atoms with Crippen LogP contribution in [0, 0.1) is 10.8 Å². The van der Waals surface area contributed by atoms with E-state index in [4.69, 9.17) is 9.47 Å². The van der Waals surface area contributed by atoms with Gasteiger partial charge in [0, 0.05) is 19.1 Å². The molecule has 1 saturated carbocycles. The van der Waals surface area contributed by atoms with Gasteiger partial charge in [-0.25, -0.2) is 4.79 Å². The Morgan fingerprint density at radius 1 is 1.26 bits per heavy atom. The first-order chi connectivity index (χ1) is 12.8. The molecule has 1 aliphatic heterocycles. The zero-order chi connectivity index (χ0) is 19.7. The number of nitrogens with one attached hydrogen (secondary N) is 1. The molecule has 1 N–H and O–H groups in total. The zero-order valence-corrected chi connectivity index (χ0v) is 17.4. The number of methoxy groups -OCH3 is 1. The van der Waals surface area contributed by atoms with Crippen LogP contribution < -0.4 is 14.8 Å². The first-order valence-electron chi connectivity index (χ1n) is 10.1. The number of rotatable bonds is 6. The van der Waals surface area contributed by atoms with E-state index in [2.05, 4.69) is 31.0 Å². The van der Waals surface area contributed by atoms with Crippen molar-refractivity contribution in [1.82, 2.24) is 10.2 Å². The third kappa shape index (κ3) is 4.50. The fraction of sp³-hybridized carbons (Fsp3) is 0.682. The molecular weight excluding hydrogens is 340 g/mol. The fourth-order valence-electron chi connectivity index (χ4n) is 5.25. The number of amides is 2. The minimum atomic E-state index is 0.0827. The number of carbonyl (C=O) groups excluding carboxylic acids is 1. The van der Waals surface area contributed by atoms with Gasteiger partial charge in [0.1, 0.15) is 0 Å².